The highest BCUT2D eigenvalue weighted by molar-refractivity contribution is 6.06. The van der Waals surface area contributed by atoms with Crippen molar-refractivity contribution in [3.8, 4) is 11.3 Å². The van der Waals surface area contributed by atoms with Gasteiger partial charge in [0.25, 0.3) is 5.91 Å². The van der Waals surface area contributed by atoms with Gasteiger partial charge in [0.1, 0.15) is 5.82 Å². The number of nitrogens with zero attached hydrogens (tertiary/aromatic N) is 3. The molecule has 1 saturated heterocycles. The zero-order valence-corrected chi connectivity index (χ0v) is 18.2. The topological polar surface area (TPSA) is 95.3 Å². The van der Waals surface area contributed by atoms with E-state index in [-0.39, 0.29) is 17.0 Å². The number of amides is 1. The van der Waals surface area contributed by atoms with Crippen LogP contribution in [-0.4, -0.2) is 44.7 Å². The summed E-state index contributed by atoms with van der Waals surface area (Å²) >= 11 is 0. The van der Waals surface area contributed by atoms with Gasteiger partial charge in [0.05, 0.1) is 35.5 Å². The van der Waals surface area contributed by atoms with Crippen LogP contribution in [0.3, 0.4) is 0 Å². The minimum absolute atomic E-state index is 0.0892. The van der Waals surface area contributed by atoms with Crippen LogP contribution in [-0.2, 0) is 11.3 Å². The summed E-state index contributed by atoms with van der Waals surface area (Å²) in [6, 6.07) is 14.6. The van der Waals surface area contributed by atoms with Crippen LogP contribution in [0, 0.1) is 12.7 Å². The van der Waals surface area contributed by atoms with E-state index in [0.29, 0.717) is 25.3 Å². The van der Waals surface area contributed by atoms with Gasteiger partial charge in [-0.1, -0.05) is 30.3 Å². The van der Waals surface area contributed by atoms with Crippen molar-refractivity contribution in [3.63, 3.8) is 0 Å². The number of aliphatic hydroxyl groups is 1. The normalized spacial score (nSPS) is 18.6. The van der Waals surface area contributed by atoms with Crippen LogP contribution in [0.5, 0.6) is 0 Å². The number of carbonyl (C=O) groups is 1. The summed E-state index contributed by atoms with van der Waals surface area (Å²) in [4.78, 5) is 11.8. The van der Waals surface area contributed by atoms with Gasteiger partial charge in [-0.3, -0.25) is 9.48 Å². The van der Waals surface area contributed by atoms with E-state index < -0.39 is 17.8 Å². The smallest absolute Gasteiger partial charge is 0.250 e. The molecule has 0 spiro atoms. The summed E-state index contributed by atoms with van der Waals surface area (Å²) in [5.74, 6) is -1.11. The number of nitrogens with two attached hydrogens (primary N) is 1. The first-order chi connectivity index (χ1) is 15.9. The summed E-state index contributed by atoms with van der Waals surface area (Å²) in [5, 5.41) is 15.3. The number of ether oxygens (including phenoxy) is 1. The number of fused-ring (bicyclic) bond motifs is 1. The molecule has 7 nitrogen and oxygen atoms in total. The Hall–Kier alpha value is -3.49. The number of rotatable bonds is 5. The van der Waals surface area contributed by atoms with Crippen LogP contribution in [0.2, 0.25) is 0 Å². The average molecular weight is 448 g/mol. The molecule has 5 rings (SSSR count). The SMILES string of the molecule is Cc1cc(-c2ccc(Cn3cc(C(N)=O)c4c(F)cccc43)cc2)nn1[C@H]1CCOC[C@@H]1O. The number of hydrogen-bond acceptors (Lipinski definition) is 4. The lowest BCUT2D eigenvalue weighted by molar-refractivity contribution is -0.0421. The molecule has 0 aliphatic carbocycles. The van der Waals surface area contributed by atoms with Crippen molar-refractivity contribution in [1.82, 2.24) is 14.3 Å². The quantitative estimate of drug-likeness (QED) is 0.489. The highest BCUT2D eigenvalue weighted by Gasteiger charge is 2.27. The van der Waals surface area contributed by atoms with Gasteiger partial charge in [-0.25, -0.2) is 4.39 Å². The molecule has 1 aliphatic rings. The van der Waals surface area contributed by atoms with E-state index in [0.717, 1.165) is 28.9 Å². The van der Waals surface area contributed by atoms with Gasteiger partial charge in [-0.15, -0.1) is 0 Å². The highest BCUT2D eigenvalue weighted by atomic mass is 19.1. The largest absolute Gasteiger partial charge is 0.388 e. The maximum absolute atomic E-state index is 14.3. The van der Waals surface area contributed by atoms with E-state index in [9.17, 15) is 14.3 Å². The third-order valence-electron chi connectivity index (χ3n) is 6.25. The van der Waals surface area contributed by atoms with Gasteiger partial charge in [0.2, 0.25) is 0 Å². The fourth-order valence-electron chi connectivity index (χ4n) is 4.57. The van der Waals surface area contributed by atoms with Crippen LogP contribution in [0.25, 0.3) is 22.2 Å². The second kappa shape index (κ2) is 8.46. The summed E-state index contributed by atoms with van der Waals surface area (Å²) in [6.07, 6.45) is 1.76. The van der Waals surface area contributed by atoms with Crippen molar-refractivity contribution in [2.45, 2.75) is 32.0 Å². The van der Waals surface area contributed by atoms with Crippen molar-refractivity contribution >= 4 is 16.8 Å². The molecule has 1 amide bonds. The Morgan fingerprint density at radius 2 is 2.06 bits per heavy atom. The van der Waals surface area contributed by atoms with E-state index in [1.165, 1.54) is 6.07 Å². The molecule has 1 aliphatic heterocycles. The first kappa shape index (κ1) is 21.4. The fourth-order valence-corrected chi connectivity index (χ4v) is 4.57. The van der Waals surface area contributed by atoms with Gasteiger partial charge >= 0.3 is 0 Å². The number of benzene rings is 2. The lowest BCUT2D eigenvalue weighted by Gasteiger charge is -2.28. The molecule has 0 unspecified atom stereocenters. The number of hydrogen-bond donors (Lipinski definition) is 2. The maximum atomic E-state index is 14.3. The Morgan fingerprint density at radius 1 is 1.27 bits per heavy atom. The van der Waals surface area contributed by atoms with E-state index in [4.69, 9.17) is 15.6 Å². The molecule has 4 aromatic rings. The monoisotopic (exact) mass is 448 g/mol. The molecule has 8 heteroatoms. The standard InChI is InChI=1S/C25H25FN4O3/c1-15-11-20(28-30(15)21-9-10-33-14-23(21)31)17-7-5-16(6-8-17)12-29-13-18(25(27)32)24-19(26)3-2-4-22(24)29/h2-8,11,13,21,23,31H,9-10,12,14H2,1H3,(H2,27,32)/t21-,23-/m0/s1. The molecule has 0 radical (unpaired) electrons. The predicted molar refractivity (Wildman–Crippen MR) is 122 cm³/mol. The number of aromatic nitrogens is 3. The molecule has 170 valence electrons. The Kier molecular flexibility index (Phi) is 5.47. The first-order valence-corrected chi connectivity index (χ1v) is 10.9. The lowest BCUT2D eigenvalue weighted by atomic mass is 10.1. The fraction of sp³-hybridized carbons (Fsp3) is 0.280. The van der Waals surface area contributed by atoms with E-state index >= 15 is 0 Å². The predicted octanol–water partition coefficient (Wildman–Crippen LogP) is 3.42. The molecule has 1 fully saturated rings. The zero-order valence-electron chi connectivity index (χ0n) is 18.2. The van der Waals surface area contributed by atoms with E-state index in [2.05, 4.69) is 0 Å². The van der Waals surface area contributed by atoms with Gasteiger partial charge < -0.3 is 20.1 Å². The van der Waals surface area contributed by atoms with Crippen molar-refractivity contribution < 1.29 is 19.0 Å². The number of aryl methyl sites for hydroxylation is 1. The third kappa shape index (κ3) is 3.92. The molecule has 33 heavy (non-hydrogen) atoms. The Morgan fingerprint density at radius 3 is 2.79 bits per heavy atom. The van der Waals surface area contributed by atoms with Crippen molar-refractivity contribution in [2.24, 2.45) is 5.73 Å². The molecule has 2 atom stereocenters. The molecule has 2 aromatic carbocycles. The van der Waals surface area contributed by atoms with Gasteiger partial charge in [-0.2, -0.15) is 5.10 Å². The maximum Gasteiger partial charge on any atom is 0.250 e. The second-order valence-corrected chi connectivity index (χ2v) is 8.48. The Labute approximate surface area is 190 Å². The number of carbonyl (C=O) groups excluding carboxylic acids is 1. The number of aliphatic hydroxyl groups excluding tert-OH is 1. The van der Waals surface area contributed by atoms with Gasteiger partial charge in [0.15, 0.2) is 0 Å². The van der Waals surface area contributed by atoms with Crippen LogP contribution in [0.4, 0.5) is 4.39 Å². The number of primary amides is 1. The molecule has 3 heterocycles. The summed E-state index contributed by atoms with van der Waals surface area (Å²) < 4.78 is 23.4. The van der Waals surface area contributed by atoms with E-state index in [1.54, 1.807) is 18.3 Å². The Balaban J connectivity index is 1.41. The highest BCUT2D eigenvalue weighted by Crippen LogP contribution is 2.28. The van der Waals surface area contributed by atoms with Crippen molar-refractivity contribution in [3.05, 3.63) is 77.4 Å². The second-order valence-electron chi connectivity index (χ2n) is 8.48. The summed E-state index contributed by atoms with van der Waals surface area (Å²) in [6.45, 7) is 3.39. The van der Waals surface area contributed by atoms with Crippen molar-refractivity contribution in [2.75, 3.05) is 13.2 Å². The molecule has 3 N–H and O–H groups in total. The molecule has 2 aromatic heterocycles. The average Bonchev–Trinajstić information content (AvgIpc) is 3.37. The van der Waals surface area contributed by atoms with E-state index in [1.807, 2.05) is 46.5 Å². The van der Waals surface area contributed by atoms with Crippen LogP contribution in [0.15, 0.2) is 54.7 Å². The number of halogens is 1. The summed E-state index contributed by atoms with van der Waals surface area (Å²) in [7, 11) is 0. The molecule has 0 bridgehead atoms. The van der Waals surface area contributed by atoms with Crippen LogP contribution < -0.4 is 5.73 Å². The van der Waals surface area contributed by atoms with Crippen molar-refractivity contribution in [1.29, 1.82) is 0 Å². The zero-order chi connectivity index (χ0) is 23.1. The lowest BCUT2D eigenvalue weighted by Crippen LogP contribution is -2.35. The van der Waals surface area contributed by atoms with Crippen LogP contribution >= 0.6 is 0 Å². The molecule has 0 saturated carbocycles. The Bertz CT molecular complexity index is 1330. The van der Waals surface area contributed by atoms with Crippen LogP contribution in [0.1, 0.15) is 34.1 Å². The minimum atomic E-state index is -0.653. The van der Waals surface area contributed by atoms with Gasteiger partial charge in [0, 0.05) is 36.0 Å². The summed E-state index contributed by atoms with van der Waals surface area (Å²) in [5.41, 5.74) is 10.0. The van der Waals surface area contributed by atoms with Gasteiger partial charge in [-0.05, 0) is 37.1 Å². The minimum Gasteiger partial charge on any atom is -0.388 e. The molecular formula is C25H25FN4O3. The first-order valence-electron chi connectivity index (χ1n) is 10.9. The molecular weight excluding hydrogens is 423 g/mol. The third-order valence-corrected chi connectivity index (χ3v) is 6.25.